The Hall–Kier alpha value is -2.24. The van der Waals surface area contributed by atoms with Crippen LogP contribution in [0, 0.1) is 13.8 Å². The van der Waals surface area contributed by atoms with Gasteiger partial charge < -0.3 is 4.74 Å². The van der Waals surface area contributed by atoms with Crippen molar-refractivity contribution in [3.05, 3.63) is 63.0 Å². The lowest BCUT2D eigenvalue weighted by atomic mass is 9.98. The van der Waals surface area contributed by atoms with Crippen molar-refractivity contribution in [3.63, 3.8) is 0 Å². The van der Waals surface area contributed by atoms with Crippen LogP contribution in [0.1, 0.15) is 30.5 Å². The van der Waals surface area contributed by atoms with Crippen LogP contribution in [0.25, 0.3) is 5.57 Å². The second-order valence-corrected chi connectivity index (χ2v) is 8.97. The number of carbonyl (C=O) groups is 2. The molecule has 2 aromatic rings. The summed E-state index contributed by atoms with van der Waals surface area (Å²) in [4.78, 5) is 28.4. The average Bonchev–Trinajstić information content (AvgIpc) is 2.85. The standard InChI is InChI=1S/C22H22ClNO3S/c1-12(2)28-20-19(16-8-6-13(3)10-14(16)4)21(25)24(22(20)26)17-11-15(23)7-9-18(17)27-5/h6-12H,1-5H3. The van der Waals surface area contributed by atoms with Gasteiger partial charge in [-0.2, -0.15) is 0 Å². The van der Waals surface area contributed by atoms with E-state index in [9.17, 15) is 9.59 Å². The predicted molar refractivity (Wildman–Crippen MR) is 116 cm³/mol. The molecule has 0 aromatic heterocycles. The average molecular weight is 416 g/mol. The summed E-state index contributed by atoms with van der Waals surface area (Å²) in [6.07, 6.45) is 0. The van der Waals surface area contributed by atoms with Crippen LogP contribution in [0.2, 0.25) is 5.02 Å². The molecule has 1 aliphatic rings. The summed E-state index contributed by atoms with van der Waals surface area (Å²) < 4.78 is 5.38. The zero-order valence-electron chi connectivity index (χ0n) is 16.5. The van der Waals surface area contributed by atoms with Crippen molar-refractivity contribution in [3.8, 4) is 5.75 Å². The number of benzene rings is 2. The van der Waals surface area contributed by atoms with Crippen molar-refractivity contribution in [1.29, 1.82) is 0 Å². The highest BCUT2D eigenvalue weighted by atomic mass is 35.5. The van der Waals surface area contributed by atoms with E-state index in [-0.39, 0.29) is 17.1 Å². The number of aryl methyl sites for hydroxylation is 2. The summed E-state index contributed by atoms with van der Waals surface area (Å²) in [5, 5.41) is 0.572. The van der Waals surface area contributed by atoms with E-state index >= 15 is 0 Å². The van der Waals surface area contributed by atoms with E-state index in [1.54, 1.807) is 18.2 Å². The van der Waals surface area contributed by atoms with Gasteiger partial charge in [0.25, 0.3) is 11.8 Å². The van der Waals surface area contributed by atoms with Gasteiger partial charge in [-0.05, 0) is 43.2 Å². The number of rotatable bonds is 5. The number of thioether (sulfide) groups is 1. The van der Waals surface area contributed by atoms with Gasteiger partial charge >= 0.3 is 0 Å². The van der Waals surface area contributed by atoms with Gasteiger partial charge in [0.1, 0.15) is 5.75 Å². The smallest absolute Gasteiger partial charge is 0.272 e. The number of hydrogen-bond donors (Lipinski definition) is 0. The number of anilines is 1. The molecule has 146 valence electrons. The fraction of sp³-hybridized carbons (Fsp3) is 0.273. The maximum atomic E-state index is 13.5. The Morgan fingerprint density at radius 1 is 1.04 bits per heavy atom. The van der Waals surface area contributed by atoms with Crippen molar-refractivity contribution >= 4 is 46.4 Å². The van der Waals surface area contributed by atoms with Crippen LogP contribution in [0.4, 0.5) is 5.69 Å². The van der Waals surface area contributed by atoms with Gasteiger partial charge in [0.2, 0.25) is 0 Å². The third kappa shape index (κ3) is 3.69. The first-order valence-corrected chi connectivity index (χ1v) is 10.2. The molecule has 28 heavy (non-hydrogen) atoms. The third-order valence-corrected chi connectivity index (χ3v) is 5.75. The Bertz CT molecular complexity index is 997. The summed E-state index contributed by atoms with van der Waals surface area (Å²) in [7, 11) is 1.50. The second-order valence-electron chi connectivity index (χ2n) is 6.95. The lowest BCUT2D eigenvalue weighted by molar-refractivity contribution is -0.119. The summed E-state index contributed by atoms with van der Waals surface area (Å²) in [6.45, 7) is 7.95. The second kappa shape index (κ2) is 8.02. The van der Waals surface area contributed by atoms with Crippen LogP contribution in [-0.2, 0) is 9.59 Å². The molecule has 0 unspecified atom stereocenters. The van der Waals surface area contributed by atoms with E-state index in [1.165, 1.54) is 23.8 Å². The largest absolute Gasteiger partial charge is 0.495 e. The first kappa shape index (κ1) is 20.5. The molecule has 2 aromatic carbocycles. The van der Waals surface area contributed by atoms with E-state index in [4.69, 9.17) is 16.3 Å². The highest BCUT2D eigenvalue weighted by molar-refractivity contribution is 8.04. The molecule has 0 radical (unpaired) electrons. The van der Waals surface area contributed by atoms with E-state index in [2.05, 4.69) is 0 Å². The Kier molecular flexibility index (Phi) is 5.87. The molecule has 0 fully saturated rings. The summed E-state index contributed by atoms with van der Waals surface area (Å²) in [5.41, 5.74) is 3.62. The van der Waals surface area contributed by atoms with Crippen LogP contribution in [0.15, 0.2) is 41.3 Å². The minimum Gasteiger partial charge on any atom is -0.495 e. The maximum Gasteiger partial charge on any atom is 0.272 e. The monoisotopic (exact) mass is 415 g/mol. The Balaban J connectivity index is 2.19. The number of hydrogen-bond acceptors (Lipinski definition) is 4. The molecule has 0 atom stereocenters. The molecular weight excluding hydrogens is 394 g/mol. The molecular formula is C22H22ClNO3S. The summed E-state index contributed by atoms with van der Waals surface area (Å²) >= 11 is 7.54. The first-order chi connectivity index (χ1) is 13.2. The molecule has 0 bridgehead atoms. The summed E-state index contributed by atoms with van der Waals surface area (Å²) in [6, 6.07) is 10.8. The van der Waals surface area contributed by atoms with Gasteiger partial charge in [-0.25, -0.2) is 4.90 Å². The SMILES string of the molecule is COc1ccc(Cl)cc1N1C(=O)C(SC(C)C)=C(c2ccc(C)cc2C)C1=O. The Morgan fingerprint density at radius 2 is 1.75 bits per heavy atom. The highest BCUT2D eigenvalue weighted by Crippen LogP contribution is 2.43. The number of ether oxygens (including phenoxy) is 1. The molecule has 3 rings (SSSR count). The number of halogens is 1. The van der Waals surface area contributed by atoms with E-state index in [0.29, 0.717) is 26.9 Å². The van der Waals surface area contributed by atoms with E-state index in [0.717, 1.165) is 16.7 Å². The van der Waals surface area contributed by atoms with Gasteiger partial charge in [-0.1, -0.05) is 49.2 Å². The van der Waals surface area contributed by atoms with Gasteiger partial charge in [0.15, 0.2) is 0 Å². The molecule has 4 nitrogen and oxygen atoms in total. The Labute approximate surface area is 174 Å². The highest BCUT2D eigenvalue weighted by Gasteiger charge is 2.42. The number of imide groups is 1. The first-order valence-electron chi connectivity index (χ1n) is 8.95. The number of carbonyl (C=O) groups excluding carboxylic acids is 2. The predicted octanol–water partition coefficient (Wildman–Crippen LogP) is 5.39. The number of amides is 2. The van der Waals surface area contributed by atoms with Gasteiger partial charge in [0, 0.05) is 10.3 Å². The molecule has 1 heterocycles. The number of nitrogens with zero attached hydrogens (tertiary/aromatic N) is 1. The molecule has 2 amide bonds. The molecule has 0 N–H and O–H groups in total. The molecule has 0 saturated carbocycles. The van der Waals surface area contributed by atoms with Crippen LogP contribution >= 0.6 is 23.4 Å². The zero-order chi connectivity index (χ0) is 20.6. The van der Waals surface area contributed by atoms with Crippen molar-refractivity contribution in [1.82, 2.24) is 0 Å². The van der Waals surface area contributed by atoms with Crippen LogP contribution in [-0.4, -0.2) is 24.2 Å². The quantitative estimate of drug-likeness (QED) is 0.614. The molecule has 0 aliphatic carbocycles. The molecule has 1 aliphatic heterocycles. The molecule has 0 spiro atoms. The Morgan fingerprint density at radius 3 is 2.36 bits per heavy atom. The normalized spacial score (nSPS) is 14.5. The van der Waals surface area contributed by atoms with Crippen molar-refractivity contribution in [2.45, 2.75) is 32.9 Å². The minimum atomic E-state index is -0.360. The van der Waals surface area contributed by atoms with Crippen LogP contribution < -0.4 is 9.64 Å². The molecule has 0 saturated heterocycles. The lowest BCUT2D eigenvalue weighted by Gasteiger charge is -2.19. The maximum absolute atomic E-state index is 13.5. The van der Waals surface area contributed by atoms with Crippen LogP contribution in [0.5, 0.6) is 5.75 Å². The lowest BCUT2D eigenvalue weighted by Crippen LogP contribution is -2.31. The third-order valence-electron chi connectivity index (χ3n) is 4.43. The van der Waals surface area contributed by atoms with Crippen molar-refractivity contribution < 1.29 is 14.3 Å². The van der Waals surface area contributed by atoms with Crippen LogP contribution in [0.3, 0.4) is 0 Å². The van der Waals surface area contributed by atoms with Crippen molar-refractivity contribution in [2.24, 2.45) is 0 Å². The number of methoxy groups -OCH3 is 1. The fourth-order valence-corrected chi connectivity index (χ4v) is 4.39. The zero-order valence-corrected chi connectivity index (χ0v) is 18.1. The van der Waals surface area contributed by atoms with Gasteiger partial charge in [-0.3, -0.25) is 9.59 Å². The van der Waals surface area contributed by atoms with Gasteiger partial charge in [0.05, 0.1) is 23.3 Å². The van der Waals surface area contributed by atoms with E-state index in [1.807, 2.05) is 45.9 Å². The minimum absolute atomic E-state index is 0.147. The fourth-order valence-electron chi connectivity index (χ4n) is 3.24. The summed E-state index contributed by atoms with van der Waals surface area (Å²) in [5.74, 6) is -0.290. The topological polar surface area (TPSA) is 46.6 Å². The van der Waals surface area contributed by atoms with Crippen molar-refractivity contribution in [2.75, 3.05) is 12.0 Å². The van der Waals surface area contributed by atoms with E-state index < -0.39 is 0 Å². The molecule has 6 heteroatoms. The van der Waals surface area contributed by atoms with Gasteiger partial charge in [-0.15, -0.1) is 11.8 Å².